The van der Waals surface area contributed by atoms with Crippen LogP contribution in [0.1, 0.15) is 91.4 Å². The fourth-order valence-electron chi connectivity index (χ4n) is 3.80. The van der Waals surface area contributed by atoms with Gasteiger partial charge in [-0.3, -0.25) is 4.57 Å². The zero-order chi connectivity index (χ0) is 15.8. The lowest BCUT2D eigenvalue weighted by atomic mass is 10.1. The number of hydrogen-bond donors (Lipinski definition) is 0. The fourth-order valence-corrected chi connectivity index (χ4v) is 8.01. The first-order valence-electron chi connectivity index (χ1n) is 9.83. The molecule has 0 amide bonds. The van der Waals surface area contributed by atoms with Gasteiger partial charge in [0, 0.05) is 12.7 Å². The Labute approximate surface area is 139 Å². The molecule has 0 N–H and O–H groups in total. The molecule has 22 heavy (non-hydrogen) atoms. The summed E-state index contributed by atoms with van der Waals surface area (Å²) in [5.74, 6) is 0. The number of hydrogen-bond acceptors (Lipinski definition) is 3. The highest BCUT2D eigenvalue weighted by atomic mass is 28.4. The summed E-state index contributed by atoms with van der Waals surface area (Å²) in [6.45, 7) is 8.55. The molecule has 2 aliphatic heterocycles. The average Bonchev–Trinajstić information content (AvgIpc) is 3.08. The van der Waals surface area contributed by atoms with E-state index in [9.17, 15) is 0 Å². The lowest BCUT2D eigenvalue weighted by molar-refractivity contribution is 0.130. The summed E-state index contributed by atoms with van der Waals surface area (Å²) in [5, 5.41) is 0. The maximum Gasteiger partial charge on any atom is 0.445 e. The van der Waals surface area contributed by atoms with E-state index in [0.717, 1.165) is 13.0 Å². The molecule has 0 saturated carbocycles. The van der Waals surface area contributed by atoms with Crippen molar-refractivity contribution in [3.8, 4) is 0 Å². The van der Waals surface area contributed by atoms with Crippen LogP contribution in [-0.2, 0) is 8.85 Å². The van der Waals surface area contributed by atoms with E-state index in [2.05, 4.69) is 25.3 Å². The molecule has 0 aromatic carbocycles. The summed E-state index contributed by atoms with van der Waals surface area (Å²) in [6.07, 6.45) is 15.3. The highest BCUT2D eigenvalue weighted by Crippen LogP contribution is 2.43. The van der Waals surface area contributed by atoms with Gasteiger partial charge in [0.15, 0.2) is 0 Å². The van der Waals surface area contributed by atoms with Gasteiger partial charge < -0.3 is 8.85 Å². The molecular weight excluding hydrogens is 290 g/mol. The van der Waals surface area contributed by atoms with Crippen LogP contribution in [0.25, 0.3) is 0 Å². The van der Waals surface area contributed by atoms with Crippen LogP contribution < -0.4 is 0 Å². The second-order valence-corrected chi connectivity index (χ2v) is 10.1. The first-order valence-corrected chi connectivity index (χ1v) is 11.7. The lowest BCUT2D eigenvalue weighted by Crippen LogP contribution is -2.38. The van der Waals surface area contributed by atoms with Gasteiger partial charge >= 0.3 is 8.72 Å². The highest BCUT2D eigenvalue weighted by molar-refractivity contribution is 6.76. The summed E-state index contributed by atoms with van der Waals surface area (Å²) in [6, 6.07) is 0. The Morgan fingerprint density at radius 3 is 2.14 bits per heavy atom. The maximum absolute atomic E-state index is 6.51. The zero-order valence-corrected chi connectivity index (χ0v) is 16.1. The van der Waals surface area contributed by atoms with Gasteiger partial charge in [-0.05, 0) is 39.7 Å². The molecule has 0 aromatic heterocycles. The molecule has 130 valence electrons. The summed E-state index contributed by atoms with van der Waals surface area (Å²) in [5.41, 5.74) is 0.627. The zero-order valence-electron chi connectivity index (χ0n) is 15.1. The second kappa shape index (κ2) is 9.41. The minimum Gasteiger partial charge on any atom is -0.382 e. The van der Waals surface area contributed by atoms with Crippen LogP contribution in [0, 0.1) is 0 Å². The van der Waals surface area contributed by atoms with Gasteiger partial charge in [-0.2, -0.15) is 0 Å². The third-order valence-electron chi connectivity index (χ3n) is 5.30. The van der Waals surface area contributed by atoms with E-state index < -0.39 is 8.72 Å². The summed E-state index contributed by atoms with van der Waals surface area (Å²) in [4.78, 5) is 0. The van der Waals surface area contributed by atoms with Gasteiger partial charge in [0.25, 0.3) is 0 Å². The minimum absolute atomic E-state index is 0.338. The SMILES string of the molecule is CCO[Si]1(OC(C)CC)C2CCCCCCCCCCCN21. The molecule has 0 aromatic rings. The van der Waals surface area contributed by atoms with Crippen molar-refractivity contribution in [2.75, 3.05) is 13.2 Å². The maximum atomic E-state index is 6.51. The molecule has 0 spiro atoms. The van der Waals surface area contributed by atoms with Crippen molar-refractivity contribution >= 4 is 8.72 Å². The fraction of sp³-hybridized carbons (Fsp3) is 1.00. The van der Waals surface area contributed by atoms with E-state index in [1.54, 1.807) is 0 Å². The highest BCUT2D eigenvalue weighted by Gasteiger charge is 2.70. The molecule has 4 atom stereocenters. The van der Waals surface area contributed by atoms with E-state index in [-0.39, 0.29) is 0 Å². The first-order chi connectivity index (χ1) is 10.7. The quantitative estimate of drug-likeness (QED) is 0.528. The van der Waals surface area contributed by atoms with Crippen LogP contribution in [0.4, 0.5) is 0 Å². The van der Waals surface area contributed by atoms with Crippen molar-refractivity contribution in [3.63, 3.8) is 0 Å². The van der Waals surface area contributed by atoms with Gasteiger partial charge in [-0.1, -0.05) is 58.3 Å². The van der Waals surface area contributed by atoms with Crippen LogP contribution in [0.3, 0.4) is 0 Å². The molecule has 2 aliphatic rings. The average molecular weight is 328 g/mol. The third kappa shape index (κ3) is 4.79. The van der Waals surface area contributed by atoms with E-state index in [1.165, 1.54) is 70.8 Å². The Balaban J connectivity index is 1.96. The van der Waals surface area contributed by atoms with Gasteiger partial charge in [-0.25, -0.2) is 0 Å². The Kier molecular flexibility index (Phi) is 7.88. The Bertz CT molecular complexity index is 295. The van der Waals surface area contributed by atoms with Crippen molar-refractivity contribution in [2.24, 2.45) is 0 Å². The van der Waals surface area contributed by atoms with Gasteiger partial charge in [-0.15, -0.1) is 0 Å². The number of rotatable bonds is 5. The van der Waals surface area contributed by atoms with E-state index >= 15 is 0 Å². The monoisotopic (exact) mass is 327 g/mol. The predicted octanol–water partition coefficient (Wildman–Crippen LogP) is 4.91. The van der Waals surface area contributed by atoms with Gasteiger partial charge in [0.05, 0.1) is 5.67 Å². The smallest absolute Gasteiger partial charge is 0.382 e. The van der Waals surface area contributed by atoms with Crippen LogP contribution in [0.5, 0.6) is 0 Å². The summed E-state index contributed by atoms with van der Waals surface area (Å²) >= 11 is 0. The van der Waals surface area contributed by atoms with Crippen LogP contribution >= 0.6 is 0 Å². The second-order valence-electron chi connectivity index (χ2n) is 7.08. The summed E-state index contributed by atoms with van der Waals surface area (Å²) < 4.78 is 15.4. The largest absolute Gasteiger partial charge is 0.445 e. The minimum atomic E-state index is -2.06. The normalized spacial score (nSPS) is 35.6. The van der Waals surface area contributed by atoms with Crippen molar-refractivity contribution in [3.05, 3.63) is 0 Å². The van der Waals surface area contributed by atoms with Crippen molar-refractivity contribution in [2.45, 2.75) is 103 Å². The molecular formula is C18H37NO2Si. The molecule has 0 radical (unpaired) electrons. The van der Waals surface area contributed by atoms with Gasteiger partial charge in [0.2, 0.25) is 0 Å². The summed E-state index contributed by atoms with van der Waals surface area (Å²) in [7, 11) is -2.06. The first kappa shape index (κ1) is 18.4. The topological polar surface area (TPSA) is 21.5 Å². The van der Waals surface area contributed by atoms with Crippen molar-refractivity contribution < 1.29 is 8.85 Å². The van der Waals surface area contributed by atoms with E-state index in [4.69, 9.17) is 8.85 Å². The van der Waals surface area contributed by atoms with Crippen LogP contribution in [0.15, 0.2) is 0 Å². The molecule has 2 saturated heterocycles. The molecule has 3 nitrogen and oxygen atoms in total. The molecule has 2 fully saturated rings. The third-order valence-corrected chi connectivity index (χ3v) is 9.26. The van der Waals surface area contributed by atoms with Gasteiger partial charge in [0.1, 0.15) is 0 Å². The number of fused-ring (bicyclic) bond motifs is 1. The molecule has 2 rings (SSSR count). The Hall–Kier alpha value is 0.0969. The molecule has 0 aliphatic carbocycles. The lowest BCUT2D eigenvalue weighted by Gasteiger charge is -2.20. The molecule has 0 bridgehead atoms. The van der Waals surface area contributed by atoms with E-state index in [0.29, 0.717) is 11.8 Å². The predicted molar refractivity (Wildman–Crippen MR) is 94.9 cm³/mol. The Morgan fingerprint density at radius 1 is 0.955 bits per heavy atom. The number of nitrogens with zero attached hydrogens (tertiary/aromatic N) is 1. The molecule has 2 heterocycles. The van der Waals surface area contributed by atoms with Crippen LogP contribution in [0.2, 0.25) is 0 Å². The molecule has 4 unspecified atom stereocenters. The molecule has 4 heteroatoms. The van der Waals surface area contributed by atoms with Crippen LogP contribution in [-0.4, -0.2) is 38.2 Å². The van der Waals surface area contributed by atoms with E-state index in [1.807, 2.05) is 0 Å². The standard InChI is InChI=1S/C18H37NO2Si/c1-4-17(3)21-22(20-5-2)18-15-13-11-9-7-6-8-10-12-14-16-19(18)22/h17-18H,4-16H2,1-3H3. The van der Waals surface area contributed by atoms with Crippen molar-refractivity contribution in [1.29, 1.82) is 0 Å². The van der Waals surface area contributed by atoms with Crippen molar-refractivity contribution in [1.82, 2.24) is 4.57 Å². The Morgan fingerprint density at radius 2 is 1.55 bits per heavy atom.